The summed E-state index contributed by atoms with van der Waals surface area (Å²) in [5.41, 5.74) is 7.16. The molecule has 1 atom stereocenters. The largest absolute Gasteiger partial charge is 0.376 e. The summed E-state index contributed by atoms with van der Waals surface area (Å²) in [7, 11) is 0. The number of ether oxygens (including phenoxy) is 1. The molecule has 7 nitrogen and oxygen atoms in total. The molecule has 1 fully saturated rings. The minimum Gasteiger partial charge on any atom is -0.376 e. The molecule has 4 heterocycles. The molecular weight excluding hydrogens is 537 g/mol. The monoisotopic (exact) mass is 562 g/mol. The van der Waals surface area contributed by atoms with E-state index in [-0.39, 0.29) is 6.10 Å². The zero-order valence-electron chi connectivity index (χ0n) is 21.7. The topological polar surface area (TPSA) is 78.6 Å². The van der Waals surface area contributed by atoms with Gasteiger partial charge in [-0.1, -0.05) is 89.0 Å². The molecule has 3 aromatic carbocycles. The van der Waals surface area contributed by atoms with Gasteiger partial charge in [-0.15, -0.1) is 15.3 Å². The third-order valence-corrected chi connectivity index (χ3v) is 8.67. The zero-order chi connectivity index (χ0) is 26.7. The van der Waals surface area contributed by atoms with Gasteiger partial charge in [0.15, 0.2) is 11.0 Å². The van der Waals surface area contributed by atoms with E-state index in [4.69, 9.17) is 19.9 Å². The van der Waals surface area contributed by atoms with Gasteiger partial charge in [0.2, 0.25) is 0 Å². The van der Waals surface area contributed by atoms with Gasteiger partial charge in [-0.3, -0.25) is 4.57 Å². The minimum absolute atomic E-state index is 0.154. The van der Waals surface area contributed by atoms with Gasteiger partial charge in [-0.25, -0.2) is 4.98 Å². The fraction of sp³-hybridized carbons (Fsp3) is 0.194. The number of rotatable bonds is 8. The Morgan fingerprint density at radius 3 is 2.50 bits per heavy atom. The molecule has 9 heteroatoms. The molecule has 0 saturated carbocycles. The maximum atomic E-state index is 6.06. The molecule has 40 heavy (non-hydrogen) atoms. The molecule has 3 aromatic heterocycles. The second kappa shape index (κ2) is 11.3. The third-order valence-electron chi connectivity index (χ3n) is 7.13. The molecule has 6 aromatic rings. The molecule has 1 saturated heterocycles. The zero-order valence-corrected chi connectivity index (χ0v) is 23.3. The smallest absolute Gasteiger partial charge is 0.191 e. The van der Waals surface area contributed by atoms with Crippen LogP contribution in [0.4, 0.5) is 0 Å². The first-order valence-corrected chi connectivity index (χ1v) is 15.1. The van der Waals surface area contributed by atoms with Crippen LogP contribution in [0.3, 0.4) is 0 Å². The SMILES string of the molecule is c1ccc(-c2cc(-c3nnc(SCc4ccc(-c5csnn5)cc4)n3C[C@@H]3CCCO3)c3ccccc3n2)cc1. The summed E-state index contributed by atoms with van der Waals surface area (Å²) in [6.07, 6.45) is 2.28. The van der Waals surface area contributed by atoms with Crippen molar-refractivity contribution >= 4 is 34.2 Å². The second-order valence-corrected chi connectivity index (χ2v) is 11.3. The van der Waals surface area contributed by atoms with Crippen LogP contribution in [0.25, 0.3) is 44.8 Å². The standard InChI is InChI=1S/C31H26N6OS2/c1-2-7-22(8-3-1)28-17-26(25-10-4-5-11-27(25)32-28)30-34-35-31(37(30)18-24-9-6-16-38-24)39-19-21-12-14-23(15-13-21)29-20-40-36-33-29/h1-5,7-8,10-15,17,20,24H,6,9,16,18-19H2/t24-/m0/s1. The maximum absolute atomic E-state index is 6.06. The van der Waals surface area contributed by atoms with E-state index in [0.717, 1.165) is 81.7 Å². The van der Waals surface area contributed by atoms with Crippen molar-refractivity contribution in [2.24, 2.45) is 0 Å². The van der Waals surface area contributed by atoms with Gasteiger partial charge in [0.1, 0.15) is 5.69 Å². The highest BCUT2D eigenvalue weighted by atomic mass is 32.2. The van der Waals surface area contributed by atoms with Crippen molar-refractivity contribution in [3.8, 4) is 33.9 Å². The summed E-state index contributed by atoms with van der Waals surface area (Å²) in [5, 5.41) is 17.6. The second-order valence-electron chi connectivity index (χ2n) is 9.77. The summed E-state index contributed by atoms with van der Waals surface area (Å²) in [6, 6.07) is 29.2. The van der Waals surface area contributed by atoms with Crippen LogP contribution in [-0.4, -0.2) is 42.0 Å². The number of hydrogen-bond acceptors (Lipinski definition) is 8. The number of para-hydroxylation sites is 1. The quantitative estimate of drug-likeness (QED) is 0.182. The highest BCUT2D eigenvalue weighted by molar-refractivity contribution is 7.98. The number of hydrogen-bond donors (Lipinski definition) is 0. The van der Waals surface area contributed by atoms with E-state index in [0.29, 0.717) is 0 Å². The van der Waals surface area contributed by atoms with Crippen LogP contribution in [0, 0.1) is 0 Å². The van der Waals surface area contributed by atoms with Crippen molar-refractivity contribution in [2.45, 2.75) is 36.4 Å². The van der Waals surface area contributed by atoms with Crippen LogP contribution in [0.5, 0.6) is 0 Å². The van der Waals surface area contributed by atoms with Crippen molar-refractivity contribution in [1.29, 1.82) is 0 Å². The van der Waals surface area contributed by atoms with E-state index in [1.54, 1.807) is 11.8 Å². The Morgan fingerprint density at radius 1 is 0.875 bits per heavy atom. The Bertz CT molecular complexity index is 1730. The van der Waals surface area contributed by atoms with Crippen LogP contribution in [0.15, 0.2) is 95.5 Å². The van der Waals surface area contributed by atoms with Gasteiger partial charge in [0, 0.05) is 39.8 Å². The predicted octanol–water partition coefficient (Wildman–Crippen LogP) is 7.15. The van der Waals surface area contributed by atoms with Crippen LogP contribution >= 0.6 is 23.3 Å². The number of aromatic nitrogens is 6. The number of benzene rings is 3. The van der Waals surface area contributed by atoms with Crippen molar-refractivity contribution in [2.75, 3.05) is 6.61 Å². The van der Waals surface area contributed by atoms with Crippen molar-refractivity contribution < 1.29 is 4.74 Å². The van der Waals surface area contributed by atoms with E-state index in [9.17, 15) is 0 Å². The van der Waals surface area contributed by atoms with Gasteiger partial charge in [-0.05, 0) is 42.1 Å². The molecule has 198 valence electrons. The Kier molecular flexibility index (Phi) is 7.08. The van der Waals surface area contributed by atoms with Crippen molar-refractivity contribution in [3.05, 3.63) is 95.9 Å². The molecule has 0 unspecified atom stereocenters. The number of nitrogens with zero attached hydrogens (tertiary/aromatic N) is 6. The van der Waals surface area contributed by atoms with E-state index in [2.05, 4.69) is 74.8 Å². The average molecular weight is 563 g/mol. The van der Waals surface area contributed by atoms with Gasteiger partial charge in [-0.2, -0.15) is 0 Å². The Labute approximate surface area is 240 Å². The molecule has 1 aliphatic rings. The summed E-state index contributed by atoms with van der Waals surface area (Å²) in [6.45, 7) is 1.53. The fourth-order valence-corrected chi connectivity index (χ4v) is 6.45. The number of fused-ring (bicyclic) bond motifs is 1. The maximum Gasteiger partial charge on any atom is 0.191 e. The van der Waals surface area contributed by atoms with E-state index < -0.39 is 0 Å². The lowest BCUT2D eigenvalue weighted by Gasteiger charge is -2.16. The molecule has 1 aliphatic heterocycles. The lowest BCUT2D eigenvalue weighted by Crippen LogP contribution is -2.16. The lowest BCUT2D eigenvalue weighted by molar-refractivity contribution is 0.0953. The van der Waals surface area contributed by atoms with Gasteiger partial charge in [0.05, 0.1) is 23.9 Å². The van der Waals surface area contributed by atoms with E-state index >= 15 is 0 Å². The molecule has 0 radical (unpaired) electrons. The number of pyridine rings is 1. The molecule has 0 bridgehead atoms. The van der Waals surface area contributed by atoms with Crippen LogP contribution in [0.2, 0.25) is 0 Å². The molecule has 0 amide bonds. The van der Waals surface area contributed by atoms with Crippen LogP contribution in [0.1, 0.15) is 18.4 Å². The Balaban J connectivity index is 1.25. The van der Waals surface area contributed by atoms with E-state index in [1.165, 1.54) is 17.1 Å². The highest BCUT2D eigenvalue weighted by Gasteiger charge is 2.23. The highest BCUT2D eigenvalue weighted by Crippen LogP contribution is 2.34. The van der Waals surface area contributed by atoms with Crippen LogP contribution < -0.4 is 0 Å². The summed E-state index contributed by atoms with van der Waals surface area (Å²) in [4.78, 5) is 4.98. The molecule has 0 aliphatic carbocycles. The Hall–Kier alpha value is -3.92. The first kappa shape index (κ1) is 25.1. The van der Waals surface area contributed by atoms with Crippen molar-refractivity contribution in [1.82, 2.24) is 29.3 Å². The summed E-state index contributed by atoms with van der Waals surface area (Å²) in [5.74, 6) is 1.63. The normalized spacial score (nSPS) is 15.2. The summed E-state index contributed by atoms with van der Waals surface area (Å²) >= 11 is 3.06. The van der Waals surface area contributed by atoms with Gasteiger partial charge < -0.3 is 4.74 Å². The van der Waals surface area contributed by atoms with Gasteiger partial charge >= 0.3 is 0 Å². The summed E-state index contributed by atoms with van der Waals surface area (Å²) < 4.78 is 12.3. The fourth-order valence-electron chi connectivity index (χ4n) is 5.08. The molecular formula is C31H26N6OS2. The van der Waals surface area contributed by atoms with E-state index in [1.807, 2.05) is 29.6 Å². The Morgan fingerprint density at radius 2 is 1.70 bits per heavy atom. The minimum atomic E-state index is 0.154. The van der Waals surface area contributed by atoms with Crippen LogP contribution in [-0.2, 0) is 17.0 Å². The average Bonchev–Trinajstić information content (AvgIpc) is 3.80. The van der Waals surface area contributed by atoms with Gasteiger partial charge in [0.25, 0.3) is 0 Å². The molecule has 0 N–H and O–H groups in total. The lowest BCUT2D eigenvalue weighted by atomic mass is 10.0. The number of thioether (sulfide) groups is 1. The first-order chi connectivity index (χ1) is 19.8. The predicted molar refractivity (Wildman–Crippen MR) is 160 cm³/mol. The molecule has 7 rings (SSSR count). The first-order valence-electron chi connectivity index (χ1n) is 13.3. The molecule has 0 spiro atoms. The third kappa shape index (κ3) is 5.15. The van der Waals surface area contributed by atoms with Crippen molar-refractivity contribution in [3.63, 3.8) is 0 Å².